The van der Waals surface area contributed by atoms with Crippen LogP contribution in [0.15, 0.2) is 53.7 Å². The summed E-state index contributed by atoms with van der Waals surface area (Å²) in [5.41, 5.74) is -1.25. The predicted octanol–water partition coefficient (Wildman–Crippen LogP) is 6.40. The average Bonchev–Trinajstić information content (AvgIpc) is 3.10. The van der Waals surface area contributed by atoms with E-state index >= 15 is 0 Å². The fourth-order valence-electron chi connectivity index (χ4n) is 3.11. The molecule has 1 aliphatic rings. The molecule has 1 atom stereocenters. The number of oxime groups is 1. The molecule has 2 aromatic carbocycles. The number of nitrogens with one attached hydrogen (secondary N) is 1. The molecule has 0 saturated heterocycles. The maximum absolute atomic E-state index is 14.1. The second-order valence-electron chi connectivity index (χ2n) is 6.81. The van der Waals surface area contributed by atoms with Crippen LogP contribution in [0.2, 0.25) is 10.0 Å². The number of hydrogen-bond donors (Lipinski definition) is 1. The molecule has 3 rings (SSSR count). The Hall–Kier alpha value is -2.51. The van der Waals surface area contributed by atoms with Gasteiger partial charge in [-0.05, 0) is 49.8 Å². The highest BCUT2D eigenvalue weighted by Crippen LogP contribution is 2.49. The van der Waals surface area contributed by atoms with Crippen LogP contribution in [0.25, 0.3) is 0 Å². The van der Waals surface area contributed by atoms with Gasteiger partial charge in [-0.1, -0.05) is 46.6 Å². The first-order valence-corrected chi connectivity index (χ1v) is 9.64. The van der Waals surface area contributed by atoms with Gasteiger partial charge >= 0.3 is 6.18 Å². The number of aryl methyl sites for hydroxylation is 1. The van der Waals surface area contributed by atoms with Crippen LogP contribution in [-0.4, -0.2) is 17.8 Å². The number of amides is 1. The number of benzene rings is 2. The molecule has 0 radical (unpaired) electrons. The van der Waals surface area contributed by atoms with E-state index in [1.54, 1.807) is 38.1 Å². The minimum absolute atomic E-state index is 0.0579. The minimum atomic E-state index is -4.78. The van der Waals surface area contributed by atoms with Crippen molar-refractivity contribution in [3.05, 3.63) is 75.3 Å². The summed E-state index contributed by atoms with van der Waals surface area (Å²) in [6.45, 7) is 3.47. The molecule has 1 N–H and O–H groups in total. The number of halogens is 5. The molecule has 1 amide bonds. The molecule has 158 valence electrons. The quantitative estimate of drug-likeness (QED) is 0.541. The number of hydrogen-bond acceptors (Lipinski definition) is 3. The molecule has 0 spiro atoms. The lowest BCUT2D eigenvalue weighted by Crippen LogP contribution is -2.42. The first-order valence-electron chi connectivity index (χ1n) is 8.89. The summed E-state index contributed by atoms with van der Waals surface area (Å²) in [5, 5.41) is 6.54. The zero-order valence-corrected chi connectivity index (χ0v) is 17.5. The molecule has 9 heteroatoms. The Morgan fingerprint density at radius 1 is 1.20 bits per heavy atom. The zero-order chi connectivity index (χ0) is 22.1. The number of rotatable bonds is 4. The monoisotopic (exact) mass is 456 g/mol. The first kappa shape index (κ1) is 22.2. The van der Waals surface area contributed by atoms with E-state index in [0.717, 1.165) is 17.7 Å². The van der Waals surface area contributed by atoms with Crippen molar-refractivity contribution in [1.82, 2.24) is 0 Å². The summed E-state index contributed by atoms with van der Waals surface area (Å²) in [7, 11) is 0. The van der Waals surface area contributed by atoms with E-state index < -0.39 is 18.2 Å². The van der Waals surface area contributed by atoms with Crippen molar-refractivity contribution < 1.29 is 22.8 Å². The zero-order valence-electron chi connectivity index (χ0n) is 16.0. The van der Waals surface area contributed by atoms with Crippen LogP contribution in [0.3, 0.4) is 0 Å². The fourth-order valence-corrected chi connectivity index (χ4v) is 3.63. The molecule has 1 aliphatic heterocycles. The first-order chi connectivity index (χ1) is 14.1. The number of allylic oxidation sites excluding steroid dienone is 1. The SMILES string of the molecule is CC=CC(=O)Nc1cc(C2=NOC(c3cc(Cl)cc(Cl)c3)(C(F)(F)F)C2)ccc1C. The number of carbonyl (C=O) groups is 1. The van der Waals surface area contributed by atoms with Gasteiger partial charge in [0, 0.05) is 33.3 Å². The van der Waals surface area contributed by atoms with E-state index in [0.29, 0.717) is 11.3 Å². The van der Waals surface area contributed by atoms with Gasteiger partial charge < -0.3 is 10.2 Å². The summed E-state index contributed by atoms with van der Waals surface area (Å²) in [6.07, 6.45) is -2.42. The van der Waals surface area contributed by atoms with Gasteiger partial charge in [-0.3, -0.25) is 4.79 Å². The predicted molar refractivity (Wildman–Crippen MR) is 111 cm³/mol. The van der Waals surface area contributed by atoms with E-state index in [4.69, 9.17) is 28.0 Å². The Bertz CT molecular complexity index is 1030. The largest absolute Gasteiger partial charge is 0.435 e. The molecule has 2 aromatic rings. The molecule has 4 nitrogen and oxygen atoms in total. The maximum Gasteiger partial charge on any atom is 0.435 e. The molecule has 1 unspecified atom stereocenters. The van der Waals surface area contributed by atoms with E-state index in [9.17, 15) is 18.0 Å². The number of alkyl halides is 3. The standard InChI is InChI=1S/C21H17Cl2F3N2O2/c1-3-4-19(29)27-17-7-13(6-5-12(17)2)18-11-20(30-28-18,21(24,25)26)14-8-15(22)10-16(23)9-14/h3-10H,11H2,1-2H3,(H,27,29). The van der Waals surface area contributed by atoms with Crippen LogP contribution < -0.4 is 5.32 Å². The number of carbonyl (C=O) groups excluding carboxylic acids is 1. The maximum atomic E-state index is 14.1. The second-order valence-corrected chi connectivity index (χ2v) is 7.68. The fraction of sp³-hybridized carbons (Fsp3) is 0.238. The lowest BCUT2D eigenvalue weighted by Gasteiger charge is -2.29. The van der Waals surface area contributed by atoms with Gasteiger partial charge in [0.25, 0.3) is 5.60 Å². The van der Waals surface area contributed by atoms with Crippen molar-refractivity contribution >= 4 is 40.5 Å². The number of anilines is 1. The molecule has 1 heterocycles. The van der Waals surface area contributed by atoms with Gasteiger partial charge in [-0.2, -0.15) is 13.2 Å². The molecule has 0 aromatic heterocycles. The summed E-state index contributed by atoms with van der Waals surface area (Å²) < 4.78 is 42.3. The minimum Gasteiger partial charge on any atom is -0.374 e. The highest BCUT2D eigenvalue weighted by atomic mass is 35.5. The Kier molecular flexibility index (Phi) is 6.15. The normalized spacial score (nSPS) is 19.0. The topological polar surface area (TPSA) is 50.7 Å². The van der Waals surface area contributed by atoms with Crippen molar-refractivity contribution in [2.24, 2.45) is 5.16 Å². The highest BCUT2D eigenvalue weighted by molar-refractivity contribution is 6.34. The van der Waals surface area contributed by atoms with Gasteiger partial charge in [0.15, 0.2) is 0 Å². The van der Waals surface area contributed by atoms with Gasteiger partial charge in [0.2, 0.25) is 5.91 Å². The third-order valence-electron chi connectivity index (χ3n) is 4.66. The third-order valence-corrected chi connectivity index (χ3v) is 5.10. The van der Waals surface area contributed by atoms with Crippen molar-refractivity contribution in [2.75, 3.05) is 5.32 Å². The Labute approximate surface area is 181 Å². The average molecular weight is 457 g/mol. The van der Waals surface area contributed by atoms with Crippen molar-refractivity contribution in [3.63, 3.8) is 0 Å². The van der Waals surface area contributed by atoms with Crippen LogP contribution in [-0.2, 0) is 15.2 Å². The van der Waals surface area contributed by atoms with Gasteiger partial charge in [0.1, 0.15) is 0 Å². The second kappa shape index (κ2) is 8.32. The van der Waals surface area contributed by atoms with Gasteiger partial charge in [-0.25, -0.2) is 0 Å². The van der Waals surface area contributed by atoms with Crippen LogP contribution in [0, 0.1) is 6.92 Å². The van der Waals surface area contributed by atoms with E-state index in [-0.39, 0.29) is 27.2 Å². The van der Waals surface area contributed by atoms with Crippen molar-refractivity contribution in [1.29, 1.82) is 0 Å². The summed E-state index contributed by atoms with van der Waals surface area (Å²) >= 11 is 11.8. The molecule has 0 saturated carbocycles. The lowest BCUT2D eigenvalue weighted by atomic mass is 9.86. The molecule has 30 heavy (non-hydrogen) atoms. The highest BCUT2D eigenvalue weighted by Gasteiger charge is 2.62. The van der Waals surface area contributed by atoms with Crippen LogP contribution in [0.5, 0.6) is 0 Å². The van der Waals surface area contributed by atoms with E-state index in [2.05, 4.69) is 10.5 Å². The third kappa shape index (κ3) is 4.32. The van der Waals surface area contributed by atoms with Gasteiger partial charge in [0.05, 0.1) is 5.71 Å². The molecular formula is C21H17Cl2F3N2O2. The molecular weight excluding hydrogens is 440 g/mol. The Morgan fingerprint density at radius 3 is 2.47 bits per heavy atom. The summed E-state index contributed by atoms with van der Waals surface area (Å²) in [4.78, 5) is 16.9. The van der Waals surface area contributed by atoms with Crippen molar-refractivity contribution in [3.8, 4) is 0 Å². The Balaban J connectivity index is 1.98. The van der Waals surface area contributed by atoms with Gasteiger partial charge in [-0.15, -0.1) is 0 Å². The smallest absolute Gasteiger partial charge is 0.374 e. The summed E-state index contributed by atoms with van der Waals surface area (Å²) in [6, 6.07) is 8.55. The van der Waals surface area contributed by atoms with E-state index in [1.165, 1.54) is 12.1 Å². The Morgan fingerprint density at radius 2 is 1.87 bits per heavy atom. The van der Waals surface area contributed by atoms with Crippen LogP contribution >= 0.6 is 23.2 Å². The molecule has 0 bridgehead atoms. The number of nitrogens with zero attached hydrogens (tertiary/aromatic N) is 1. The van der Waals surface area contributed by atoms with E-state index in [1.807, 2.05) is 0 Å². The molecule has 0 fully saturated rings. The molecule has 0 aliphatic carbocycles. The summed E-state index contributed by atoms with van der Waals surface area (Å²) in [5.74, 6) is -0.347. The van der Waals surface area contributed by atoms with Crippen molar-refractivity contribution in [2.45, 2.75) is 32.0 Å². The van der Waals surface area contributed by atoms with Crippen LogP contribution in [0.4, 0.5) is 18.9 Å². The lowest BCUT2D eigenvalue weighted by molar-refractivity contribution is -0.275. The van der Waals surface area contributed by atoms with Crippen LogP contribution in [0.1, 0.15) is 30.0 Å².